The number of halogens is 1. The predicted octanol–water partition coefficient (Wildman–Crippen LogP) is 3.06. The molecule has 1 amide bonds. The molecule has 6 heteroatoms. The zero-order valence-corrected chi connectivity index (χ0v) is 13.7. The Morgan fingerprint density at radius 2 is 2.05 bits per heavy atom. The summed E-state index contributed by atoms with van der Waals surface area (Å²) < 4.78 is 5.01. The van der Waals surface area contributed by atoms with Crippen LogP contribution in [0.3, 0.4) is 0 Å². The Labute approximate surface area is 135 Å². The molecule has 1 heterocycles. The van der Waals surface area contributed by atoms with Crippen LogP contribution in [-0.4, -0.2) is 36.6 Å². The fraction of sp³-hybridized carbons (Fsp3) is 0.375. The van der Waals surface area contributed by atoms with Crippen LogP contribution in [0.4, 0.5) is 0 Å². The SMILES string of the molecule is Cc1cc(C(=O)NC(CCN(C)C)c2ccc(Cl)cc2)on1. The van der Waals surface area contributed by atoms with E-state index in [1.54, 1.807) is 13.0 Å². The minimum atomic E-state index is -0.265. The number of amides is 1. The van der Waals surface area contributed by atoms with E-state index < -0.39 is 0 Å². The first-order valence-corrected chi connectivity index (χ1v) is 7.48. The monoisotopic (exact) mass is 321 g/mol. The fourth-order valence-electron chi connectivity index (χ4n) is 2.10. The second-order valence-electron chi connectivity index (χ2n) is 5.50. The van der Waals surface area contributed by atoms with E-state index in [2.05, 4.69) is 15.4 Å². The Morgan fingerprint density at radius 1 is 1.36 bits per heavy atom. The molecule has 0 bridgehead atoms. The van der Waals surface area contributed by atoms with Gasteiger partial charge in [-0.15, -0.1) is 0 Å². The summed E-state index contributed by atoms with van der Waals surface area (Å²) in [5.41, 5.74) is 1.69. The highest BCUT2D eigenvalue weighted by atomic mass is 35.5. The van der Waals surface area contributed by atoms with Gasteiger partial charge >= 0.3 is 0 Å². The molecule has 0 aliphatic heterocycles. The lowest BCUT2D eigenvalue weighted by Gasteiger charge is -2.20. The molecule has 0 aliphatic rings. The van der Waals surface area contributed by atoms with E-state index in [9.17, 15) is 4.79 Å². The Hall–Kier alpha value is -1.85. The van der Waals surface area contributed by atoms with E-state index in [0.717, 1.165) is 18.5 Å². The highest BCUT2D eigenvalue weighted by Crippen LogP contribution is 2.20. The van der Waals surface area contributed by atoms with Gasteiger partial charge in [-0.1, -0.05) is 28.9 Å². The molecular weight excluding hydrogens is 302 g/mol. The molecule has 1 N–H and O–H groups in total. The van der Waals surface area contributed by atoms with Gasteiger partial charge in [0, 0.05) is 11.1 Å². The summed E-state index contributed by atoms with van der Waals surface area (Å²) in [4.78, 5) is 14.3. The predicted molar refractivity (Wildman–Crippen MR) is 86.1 cm³/mol. The molecule has 0 radical (unpaired) electrons. The molecule has 118 valence electrons. The van der Waals surface area contributed by atoms with Crippen molar-refractivity contribution in [2.45, 2.75) is 19.4 Å². The maximum atomic E-state index is 12.3. The lowest BCUT2D eigenvalue weighted by molar-refractivity contribution is 0.0895. The molecule has 1 aromatic carbocycles. The second kappa shape index (κ2) is 7.42. The summed E-state index contributed by atoms with van der Waals surface area (Å²) in [6.45, 7) is 2.63. The normalized spacial score (nSPS) is 12.4. The van der Waals surface area contributed by atoms with Crippen molar-refractivity contribution < 1.29 is 9.32 Å². The molecule has 5 nitrogen and oxygen atoms in total. The molecule has 2 aromatic rings. The maximum absolute atomic E-state index is 12.3. The molecule has 0 saturated heterocycles. The van der Waals surface area contributed by atoms with Gasteiger partial charge in [-0.25, -0.2) is 0 Å². The summed E-state index contributed by atoms with van der Waals surface area (Å²) >= 11 is 5.93. The Kier molecular flexibility index (Phi) is 5.57. The number of benzene rings is 1. The van der Waals surface area contributed by atoms with Crippen molar-refractivity contribution in [2.75, 3.05) is 20.6 Å². The Bertz CT molecular complexity index is 623. The first-order chi connectivity index (χ1) is 10.5. The molecule has 0 fully saturated rings. The molecule has 0 spiro atoms. The number of nitrogens with one attached hydrogen (secondary N) is 1. The van der Waals surface area contributed by atoms with Crippen molar-refractivity contribution in [1.29, 1.82) is 0 Å². The molecule has 22 heavy (non-hydrogen) atoms. The number of hydrogen-bond acceptors (Lipinski definition) is 4. The maximum Gasteiger partial charge on any atom is 0.290 e. The number of carbonyl (C=O) groups excluding carboxylic acids is 1. The van der Waals surface area contributed by atoms with Crippen LogP contribution in [0.15, 0.2) is 34.9 Å². The van der Waals surface area contributed by atoms with Gasteiger partial charge < -0.3 is 14.7 Å². The van der Waals surface area contributed by atoms with Crippen LogP contribution in [0.25, 0.3) is 0 Å². The summed E-state index contributed by atoms with van der Waals surface area (Å²) in [7, 11) is 4.00. The first-order valence-electron chi connectivity index (χ1n) is 7.10. The van der Waals surface area contributed by atoms with E-state index in [0.29, 0.717) is 10.7 Å². The smallest absolute Gasteiger partial charge is 0.290 e. The van der Waals surface area contributed by atoms with Gasteiger partial charge in [0.2, 0.25) is 5.76 Å². The van der Waals surface area contributed by atoms with Crippen molar-refractivity contribution in [3.63, 3.8) is 0 Å². The average molecular weight is 322 g/mol. The van der Waals surface area contributed by atoms with E-state index in [1.807, 2.05) is 38.4 Å². The van der Waals surface area contributed by atoms with Crippen LogP contribution in [-0.2, 0) is 0 Å². The first kappa shape index (κ1) is 16.5. The summed E-state index contributed by atoms with van der Waals surface area (Å²) in [5, 5.41) is 7.41. The third-order valence-corrected chi connectivity index (χ3v) is 3.55. The van der Waals surface area contributed by atoms with Crippen molar-refractivity contribution in [1.82, 2.24) is 15.4 Å². The van der Waals surface area contributed by atoms with Gasteiger partial charge in [0.05, 0.1) is 11.7 Å². The third-order valence-electron chi connectivity index (χ3n) is 3.29. The lowest BCUT2D eigenvalue weighted by atomic mass is 10.0. The van der Waals surface area contributed by atoms with Gasteiger partial charge in [0.1, 0.15) is 0 Å². The molecule has 0 saturated carbocycles. The summed E-state index contributed by atoms with van der Waals surface area (Å²) in [5.74, 6) is -0.0411. The molecule has 0 aliphatic carbocycles. The van der Waals surface area contributed by atoms with Crippen LogP contribution in [0.1, 0.15) is 34.3 Å². The number of aryl methyl sites for hydroxylation is 1. The van der Waals surface area contributed by atoms with Gasteiger partial charge in [-0.05, 0) is 51.7 Å². The summed E-state index contributed by atoms with van der Waals surface area (Å²) in [6, 6.07) is 9.01. The van der Waals surface area contributed by atoms with Crippen molar-refractivity contribution in [2.24, 2.45) is 0 Å². The molecule has 1 aromatic heterocycles. The van der Waals surface area contributed by atoms with E-state index in [1.165, 1.54) is 0 Å². The van der Waals surface area contributed by atoms with Crippen LogP contribution < -0.4 is 5.32 Å². The van der Waals surface area contributed by atoms with Gasteiger partial charge in [-0.2, -0.15) is 0 Å². The zero-order valence-electron chi connectivity index (χ0n) is 13.0. The third kappa shape index (κ3) is 4.58. The number of carbonyl (C=O) groups is 1. The molecule has 1 unspecified atom stereocenters. The van der Waals surface area contributed by atoms with Crippen LogP contribution in [0.5, 0.6) is 0 Å². The lowest BCUT2D eigenvalue weighted by Crippen LogP contribution is -2.30. The minimum Gasteiger partial charge on any atom is -0.351 e. The highest BCUT2D eigenvalue weighted by Gasteiger charge is 2.18. The highest BCUT2D eigenvalue weighted by molar-refractivity contribution is 6.30. The van der Waals surface area contributed by atoms with Crippen molar-refractivity contribution in [3.05, 3.63) is 52.4 Å². The van der Waals surface area contributed by atoms with Gasteiger partial charge in [-0.3, -0.25) is 4.79 Å². The topological polar surface area (TPSA) is 58.4 Å². The second-order valence-corrected chi connectivity index (χ2v) is 5.94. The van der Waals surface area contributed by atoms with E-state index in [4.69, 9.17) is 16.1 Å². The number of aromatic nitrogens is 1. The molecule has 1 atom stereocenters. The number of rotatable bonds is 6. The quantitative estimate of drug-likeness (QED) is 0.888. The average Bonchev–Trinajstić information content (AvgIpc) is 2.91. The molecule has 2 rings (SSSR count). The minimum absolute atomic E-state index is 0.113. The van der Waals surface area contributed by atoms with Crippen molar-refractivity contribution in [3.8, 4) is 0 Å². The van der Waals surface area contributed by atoms with Gasteiger partial charge in [0.25, 0.3) is 5.91 Å². The van der Waals surface area contributed by atoms with Crippen molar-refractivity contribution >= 4 is 17.5 Å². The van der Waals surface area contributed by atoms with Crippen LogP contribution in [0, 0.1) is 6.92 Å². The number of hydrogen-bond donors (Lipinski definition) is 1. The number of nitrogens with zero attached hydrogens (tertiary/aromatic N) is 2. The van der Waals surface area contributed by atoms with Crippen LogP contribution >= 0.6 is 11.6 Å². The van der Waals surface area contributed by atoms with Gasteiger partial charge in [0.15, 0.2) is 0 Å². The Balaban J connectivity index is 2.13. The van der Waals surface area contributed by atoms with Crippen LogP contribution in [0.2, 0.25) is 5.02 Å². The standard InChI is InChI=1S/C16H20ClN3O2/c1-11-10-15(22-19-11)16(21)18-14(8-9-20(2)3)12-4-6-13(17)7-5-12/h4-7,10,14H,8-9H2,1-3H3,(H,18,21). The largest absolute Gasteiger partial charge is 0.351 e. The molecular formula is C16H20ClN3O2. The zero-order chi connectivity index (χ0) is 16.1. The van der Waals surface area contributed by atoms with E-state index in [-0.39, 0.29) is 17.7 Å². The fourth-order valence-corrected chi connectivity index (χ4v) is 2.23. The Morgan fingerprint density at radius 3 is 2.59 bits per heavy atom. The summed E-state index contributed by atoms with van der Waals surface area (Å²) in [6.07, 6.45) is 0.785. The van der Waals surface area contributed by atoms with E-state index >= 15 is 0 Å².